The zero-order chi connectivity index (χ0) is 49.2. The van der Waals surface area contributed by atoms with Crippen LogP contribution in [0.3, 0.4) is 0 Å². The number of unbranched alkanes of at least 4 members (excludes halogenated alkanes) is 2. The van der Waals surface area contributed by atoms with E-state index in [1.807, 2.05) is 44.2 Å². The average molecular weight is 1010 g/mol. The van der Waals surface area contributed by atoms with Crippen molar-refractivity contribution in [1.82, 2.24) is 9.79 Å². The molecule has 23 heteroatoms. The van der Waals surface area contributed by atoms with Gasteiger partial charge in [0.25, 0.3) is 11.8 Å². The van der Waals surface area contributed by atoms with E-state index in [0.717, 1.165) is 58.0 Å². The maximum absolute atomic E-state index is 13.7. The van der Waals surface area contributed by atoms with Crippen LogP contribution in [-0.2, 0) is 77.8 Å². The zero-order valence-electron chi connectivity index (χ0n) is 39.0. The molecule has 2 aromatic rings. The molecule has 0 saturated carbocycles. The van der Waals surface area contributed by atoms with Gasteiger partial charge in [-0.1, -0.05) is 12.5 Å². The predicted molar refractivity (Wildman–Crippen MR) is 246 cm³/mol. The molecule has 2 amide bonds. The number of hydrogen-bond acceptors (Lipinski definition) is 19. The van der Waals surface area contributed by atoms with Crippen molar-refractivity contribution in [2.24, 2.45) is 0 Å². The number of imide groups is 1. The number of hydroxylamine groups is 2. The van der Waals surface area contributed by atoms with Crippen molar-refractivity contribution in [3.05, 3.63) is 71.5 Å². The maximum atomic E-state index is 13.7. The number of carbonyl (C=O) groups is 3. The number of fused-ring (bicyclic) bond motifs is 2. The van der Waals surface area contributed by atoms with Crippen LogP contribution in [0.25, 0.3) is 0 Å². The summed E-state index contributed by atoms with van der Waals surface area (Å²) in [5.74, 6) is -1.35. The standard InChI is InChI=1S/C45H62N4O16S3/c1-44(2)35-32-34(68(55,56)46-21-8-6-7-13-43(52)61-49-41(50)18-19-42(49)51)15-17-37(35)47(22-10-30-66-64-62-53)39(44)11-9-12-40-45(3,20-24-59-28-26-57-4)36-31-33(67-65-63-54)14-16-38(36)48(40)23-25-60-29-27-58-5/h9,11-12,14-17,31-32,46H,6-8,10,13,18-30H2,1-5H3,(H-,53,54)/p-1. The number of amides is 2. The molecule has 376 valence electrons. The van der Waals surface area contributed by atoms with Crippen molar-refractivity contribution in [3.63, 3.8) is 0 Å². The number of nitrogens with zero attached hydrogens (tertiary/aromatic N) is 3. The van der Waals surface area contributed by atoms with Crippen LogP contribution >= 0.6 is 24.1 Å². The van der Waals surface area contributed by atoms with Crippen LogP contribution in [0.4, 0.5) is 11.4 Å². The highest BCUT2D eigenvalue weighted by Crippen LogP contribution is 2.51. The summed E-state index contributed by atoms with van der Waals surface area (Å²) in [6.07, 6.45) is 8.59. The number of allylic oxidation sites excluding steroid dienone is 4. The Bertz CT molecular complexity index is 2230. The van der Waals surface area contributed by atoms with E-state index >= 15 is 0 Å². The molecule has 1 atom stereocenters. The number of methoxy groups -OCH3 is 2. The first kappa shape index (κ1) is 55.1. The number of benzene rings is 2. The van der Waals surface area contributed by atoms with E-state index in [4.69, 9.17) is 23.8 Å². The Labute approximate surface area is 406 Å². The molecule has 0 bridgehead atoms. The fraction of sp³-hybridized carbons (Fsp3) is 0.556. The number of ether oxygens (including phenoxy) is 4. The van der Waals surface area contributed by atoms with Gasteiger partial charge in [0.15, 0.2) is 5.71 Å². The molecule has 1 fully saturated rings. The van der Waals surface area contributed by atoms with E-state index in [-0.39, 0.29) is 30.7 Å². The molecule has 0 radical (unpaired) electrons. The highest BCUT2D eigenvalue weighted by molar-refractivity contribution is 7.94. The lowest BCUT2D eigenvalue weighted by Crippen LogP contribution is -2.32. The SMILES string of the molecule is COCCOCCN1C(=CC=CC2=[N+](CCCSOO[O-])c3ccc(S(=O)(=O)NCCCCCC(=O)ON4C(=O)CCC4=O)cc3C2(C)C)C(C)(CCOCCOC)c2cc(SOO[O-])ccc21. The molecule has 68 heavy (non-hydrogen) atoms. The van der Waals surface area contributed by atoms with Crippen LogP contribution in [0.1, 0.15) is 83.3 Å². The normalized spacial score (nSPS) is 18.5. The third-order valence-electron chi connectivity index (χ3n) is 11.9. The second kappa shape index (κ2) is 27.0. The Morgan fingerprint density at radius 2 is 1.59 bits per heavy atom. The summed E-state index contributed by atoms with van der Waals surface area (Å²) in [5.41, 5.74) is 4.16. The minimum absolute atomic E-state index is 0.00847. The Hall–Kier alpha value is -3.79. The van der Waals surface area contributed by atoms with E-state index in [1.54, 1.807) is 32.4 Å². The third kappa shape index (κ3) is 14.4. The molecule has 3 aliphatic rings. The molecule has 0 aliphatic carbocycles. The van der Waals surface area contributed by atoms with Crippen LogP contribution in [0.2, 0.25) is 0 Å². The van der Waals surface area contributed by atoms with Gasteiger partial charge in [0.1, 0.15) is 6.54 Å². The number of sulfonamides is 1. The predicted octanol–water partition coefficient (Wildman–Crippen LogP) is 3.94. The lowest BCUT2D eigenvalue weighted by Gasteiger charge is -2.30. The summed E-state index contributed by atoms with van der Waals surface area (Å²) < 4.78 is 63.7. The van der Waals surface area contributed by atoms with Crippen LogP contribution in [0, 0.1) is 0 Å². The monoisotopic (exact) mass is 1010 g/mol. The molecule has 3 aliphatic heterocycles. The smallest absolute Gasteiger partial charge is 0.333 e. The van der Waals surface area contributed by atoms with Crippen molar-refractivity contribution in [3.8, 4) is 0 Å². The summed E-state index contributed by atoms with van der Waals surface area (Å²) in [4.78, 5) is 43.5. The van der Waals surface area contributed by atoms with Crippen LogP contribution in [0.5, 0.6) is 0 Å². The second-order valence-corrected chi connectivity index (χ2v) is 20.0. The van der Waals surface area contributed by atoms with Gasteiger partial charge in [-0.15, -0.1) is 5.06 Å². The first-order chi connectivity index (χ1) is 32.7. The van der Waals surface area contributed by atoms with Crippen molar-refractivity contribution in [2.75, 3.05) is 84.1 Å². The fourth-order valence-corrected chi connectivity index (χ4v) is 10.2. The highest BCUT2D eigenvalue weighted by atomic mass is 32.2. The minimum Gasteiger partial charge on any atom is -0.691 e. The molecule has 3 heterocycles. The largest absolute Gasteiger partial charge is 0.691 e. The summed E-state index contributed by atoms with van der Waals surface area (Å²) in [7, 11) is -0.708. The summed E-state index contributed by atoms with van der Waals surface area (Å²) in [5, 5.41) is 28.9. The van der Waals surface area contributed by atoms with E-state index < -0.39 is 38.6 Å². The average Bonchev–Trinajstić information content (AvgIpc) is 3.84. The van der Waals surface area contributed by atoms with Crippen LogP contribution in [-0.4, -0.2) is 121 Å². The van der Waals surface area contributed by atoms with Gasteiger partial charge in [-0.3, -0.25) is 19.7 Å². The molecule has 0 spiro atoms. The number of hydrogen-bond donors (Lipinski definition) is 1. The first-order valence-corrected chi connectivity index (χ1v) is 25.4. The second-order valence-electron chi connectivity index (χ2n) is 16.7. The van der Waals surface area contributed by atoms with Crippen molar-refractivity contribution >= 4 is 69.0 Å². The molecule has 20 nitrogen and oxygen atoms in total. The first-order valence-electron chi connectivity index (χ1n) is 22.2. The van der Waals surface area contributed by atoms with Gasteiger partial charge >= 0.3 is 5.97 Å². The number of carbonyl (C=O) groups excluding carboxylic acids is 3. The lowest BCUT2D eigenvalue weighted by atomic mass is 9.78. The van der Waals surface area contributed by atoms with Gasteiger partial charge in [0, 0.05) is 117 Å². The Morgan fingerprint density at radius 1 is 0.868 bits per heavy atom. The molecule has 0 aromatic heterocycles. The van der Waals surface area contributed by atoms with Crippen LogP contribution in [0.15, 0.2) is 70.1 Å². The van der Waals surface area contributed by atoms with Crippen LogP contribution < -0.4 is 20.1 Å². The summed E-state index contributed by atoms with van der Waals surface area (Å²) >= 11 is 1.71. The molecule has 1 unspecified atom stereocenters. The Kier molecular flexibility index (Phi) is 21.9. The van der Waals surface area contributed by atoms with Crippen molar-refractivity contribution in [2.45, 2.75) is 92.8 Å². The molecule has 2 aromatic carbocycles. The maximum Gasteiger partial charge on any atom is 0.333 e. The van der Waals surface area contributed by atoms with Gasteiger partial charge < -0.3 is 39.2 Å². The third-order valence-corrected chi connectivity index (χ3v) is 14.5. The molecular formula is C45H61N4O16S3-. The van der Waals surface area contributed by atoms with E-state index in [1.165, 1.54) is 0 Å². The number of nitrogens with one attached hydrogen (secondary N) is 1. The highest BCUT2D eigenvalue weighted by Gasteiger charge is 2.46. The lowest BCUT2D eigenvalue weighted by molar-refractivity contribution is -0.777. The minimum atomic E-state index is -3.95. The van der Waals surface area contributed by atoms with Gasteiger partial charge in [-0.2, -0.15) is 13.2 Å². The number of rotatable bonds is 32. The fourth-order valence-electron chi connectivity index (χ4n) is 8.36. The van der Waals surface area contributed by atoms with Crippen molar-refractivity contribution in [1.29, 1.82) is 0 Å². The van der Waals surface area contributed by atoms with Gasteiger partial charge in [-0.05, 0) is 82.0 Å². The zero-order valence-corrected chi connectivity index (χ0v) is 41.5. The van der Waals surface area contributed by atoms with Gasteiger partial charge in [0.2, 0.25) is 15.7 Å². The quantitative estimate of drug-likeness (QED) is 0.0273. The molecule has 1 saturated heterocycles. The van der Waals surface area contributed by atoms with E-state index in [2.05, 4.69) is 45.9 Å². The van der Waals surface area contributed by atoms with E-state index in [0.29, 0.717) is 101 Å². The van der Waals surface area contributed by atoms with E-state index in [9.17, 15) is 33.3 Å². The topological polar surface area (TPSA) is 236 Å². The molecule has 1 N–H and O–H groups in total. The van der Waals surface area contributed by atoms with Crippen molar-refractivity contribution < 1.29 is 80.4 Å². The molecular weight excluding hydrogens is 949 g/mol. The Balaban J connectivity index is 1.39. The summed E-state index contributed by atoms with van der Waals surface area (Å²) in [6, 6.07) is 10.9. The summed E-state index contributed by atoms with van der Waals surface area (Å²) in [6.45, 7) is 9.94. The number of anilines is 1. The molecule has 5 rings (SSSR count). The van der Waals surface area contributed by atoms with Gasteiger partial charge in [0.05, 0.1) is 55.4 Å². The Morgan fingerprint density at radius 3 is 2.29 bits per heavy atom. The van der Waals surface area contributed by atoms with Gasteiger partial charge in [-0.25, -0.2) is 17.9 Å².